The van der Waals surface area contributed by atoms with Gasteiger partial charge in [-0.3, -0.25) is 4.79 Å². The Kier molecular flexibility index (Phi) is 4.36. The molecule has 3 heteroatoms. The van der Waals surface area contributed by atoms with E-state index in [1.54, 1.807) is 7.11 Å². The van der Waals surface area contributed by atoms with Crippen LogP contribution in [-0.2, 0) is 10.2 Å². The van der Waals surface area contributed by atoms with Gasteiger partial charge in [-0.15, -0.1) is 0 Å². The van der Waals surface area contributed by atoms with E-state index in [4.69, 9.17) is 4.74 Å². The lowest BCUT2D eigenvalue weighted by molar-refractivity contribution is -0.112. The zero-order valence-corrected chi connectivity index (χ0v) is 12.7. The van der Waals surface area contributed by atoms with E-state index in [0.717, 1.165) is 31.4 Å². The zero-order chi connectivity index (χ0) is 14.6. The molecule has 0 heterocycles. The van der Waals surface area contributed by atoms with Gasteiger partial charge in [0.15, 0.2) is 0 Å². The van der Waals surface area contributed by atoms with Crippen LogP contribution in [0.5, 0.6) is 5.75 Å². The Labute approximate surface area is 121 Å². The van der Waals surface area contributed by atoms with Crippen LogP contribution < -0.4 is 10.1 Å². The number of carbonyl (C=O) groups excluding carboxylic acids is 1. The van der Waals surface area contributed by atoms with Gasteiger partial charge in [0.25, 0.3) is 0 Å². The molecule has 1 amide bonds. The molecular weight excluding hydrogens is 250 g/mol. The molecule has 2 rings (SSSR count). The van der Waals surface area contributed by atoms with Crippen molar-refractivity contribution in [3.63, 3.8) is 0 Å². The number of amides is 1. The Hall–Kier alpha value is -1.51. The summed E-state index contributed by atoms with van der Waals surface area (Å²) < 4.78 is 5.36. The molecular formula is C17H25NO2. The van der Waals surface area contributed by atoms with Crippen LogP contribution in [0.4, 0.5) is 0 Å². The van der Waals surface area contributed by atoms with Crippen LogP contribution >= 0.6 is 0 Å². The number of ether oxygens (including phenoxy) is 1. The topological polar surface area (TPSA) is 38.3 Å². The van der Waals surface area contributed by atoms with Crippen LogP contribution in [0.15, 0.2) is 24.3 Å². The van der Waals surface area contributed by atoms with E-state index in [2.05, 4.69) is 31.3 Å². The molecule has 1 aliphatic carbocycles. The second-order valence-electron chi connectivity index (χ2n) is 5.97. The fraction of sp³-hybridized carbons (Fsp3) is 0.588. The monoisotopic (exact) mass is 275 g/mol. The number of benzene rings is 1. The van der Waals surface area contributed by atoms with Crippen LogP contribution in [0, 0.1) is 0 Å². The van der Waals surface area contributed by atoms with Gasteiger partial charge in [0.2, 0.25) is 6.41 Å². The van der Waals surface area contributed by atoms with Gasteiger partial charge in [-0.2, -0.15) is 0 Å². The highest BCUT2D eigenvalue weighted by atomic mass is 16.5. The van der Waals surface area contributed by atoms with Gasteiger partial charge in [-0.25, -0.2) is 0 Å². The zero-order valence-electron chi connectivity index (χ0n) is 12.7. The molecule has 1 aliphatic rings. The molecule has 2 atom stereocenters. The summed E-state index contributed by atoms with van der Waals surface area (Å²) in [6.07, 6.45) is 6.32. The van der Waals surface area contributed by atoms with E-state index in [9.17, 15) is 4.79 Å². The van der Waals surface area contributed by atoms with Crippen molar-refractivity contribution >= 4 is 6.41 Å². The Balaban J connectivity index is 2.48. The number of hydrogen-bond donors (Lipinski definition) is 1. The normalized spacial score (nSPS) is 29.8. The molecule has 0 aromatic heterocycles. The van der Waals surface area contributed by atoms with Crippen LogP contribution in [0.25, 0.3) is 0 Å². The Morgan fingerprint density at radius 3 is 2.75 bits per heavy atom. The highest BCUT2D eigenvalue weighted by molar-refractivity contribution is 5.50. The van der Waals surface area contributed by atoms with E-state index >= 15 is 0 Å². The fourth-order valence-corrected chi connectivity index (χ4v) is 3.82. The minimum atomic E-state index is -0.153. The lowest BCUT2D eigenvalue weighted by Gasteiger charge is -2.52. The third-order valence-corrected chi connectivity index (χ3v) is 5.23. The quantitative estimate of drug-likeness (QED) is 0.836. The molecule has 20 heavy (non-hydrogen) atoms. The highest BCUT2D eigenvalue weighted by Gasteiger charge is 2.49. The first kappa shape index (κ1) is 14.9. The predicted molar refractivity (Wildman–Crippen MR) is 81.0 cm³/mol. The molecule has 0 radical (unpaired) electrons. The van der Waals surface area contributed by atoms with E-state index < -0.39 is 0 Å². The van der Waals surface area contributed by atoms with E-state index in [1.165, 1.54) is 18.4 Å². The molecule has 1 fully saturated rings. The van der Waals surface area contributed by atoms with Crippen molar-refractivity contribution in [3.05, 3.63) is 29.8 Å². The largest absolute Gasteiger partial charge is 0.497 e. The summed E-state index contributed by atoms with van der Waals surface area (Å²) in [5.74, 6) is 0.880. The lowest BCUT2D eigenvalue weighted by atomic mass is 9.58. The van der Waals surface area contributed by atoms with Crippen LogP contribution in [0.1, 0.15) is 51.5 Å². The number of carbonyl (C=O) groups is 1. The molecule has 1 saturated carbocycles. The van der Waals surface area contributed by atoms with Gasteiger partial charge in [-0.05, 0) is 37.0 Å². The molecule has 2 unspecified atom stereocenters. The van der Waals surface area contributed by atoms with E-state index in [-0.39, 0.29) is 11.0 Å². The Bertz CT molecular complexity index is 474. The third kappa shape index (κ3) is 2.30. The van der Waals surface area contributed by atoms with Gasteiger partial charge in [0.1, 0.15) is 5.75 Å². The van der Waals surface area contributed by atoms with Crippen LogP contribution in [-0.4, -0.2) is 19.1 Å². The molecule has 0 saturated heterocycles. The van der Waals surface area contributed by atoms with Crippen molar-refractivity contribution in [1.82, 2.24) is 5.32 Å². The maximum atomic E-state index is 11.1. The average Bonchev–Trinajstić information content (AvgIpc) is 2.50. The SMILES string of the molecule is CCC1(NC=O)CCCCC1(C)c1cccc(OC)c1. The minimum Gasteiger partial charge on any atom is -0.497 e. The third-order valence-electron chi connectivity index (χ3n) is 5.23. The van der Waals surface area contributed by atoms with Crippen molar-refractivity contribution < 1.29 is 9.53 Å². The van der Waals surface area contributed by atoms with Crippen molar-refractivity contribution in [3.8, 4) is 5.75 Å². The summed E-state index contributed by atoms with van der Waals surface area (Å²) in [5, 5.41) is 3.15. The predicted octanol–water partition coefficient (Wildman–Crippen LogP) is 3.42. The summed E-state index contributed by atoms with van der Waals surface area (Å²) >= 11 is 0. The van der Waals surface area contributed by atoms with Gasteiger partial charge in [0, 0.05) is 11.0 Å². The van der Waals surface area contributed by atoms with E-state index in [1.807, 2.05) is 12.1 Å². The van der Waals surface area contributed by atoms with Gasteiger partial charge >= 0.3 is 0 Å². The minimum absolute atomic E-state index is 0.0462. The van der Waals surface area contributed by atoms with E-state index in [0.29, 0.717) is 0 Å². The van der Waals surface area contributed by atoms with Crippen LogP contribution in [0.2, 0.25) is 0 Å². The number of rotatable bonds is 5. The molecule has 3 nitrogen and oxygen atoms in total. The molecule has 110 valence electrons. The van der Waals surface area contributed by atoms with Gasteiger partial charge < -0.3 is 10.1 Å². The van der Waals surface area contributed by atoms with Crippen molar-refractivity contribution in [1.29, 1.82) is 0 Å². The maximum absolute atomic E-state index is 11.1. The average molecular weight is 275 g/mol. The lowest BCUT2D eigenvalue weighted by Crippen LogP contribution is -2.60. The molecule has 1 aromatic carbocycles. The number of methoxy groups -OCH3 is 1. The molecule has 0 spiro atoms. The second kappa shape index (κ2) is 5.86. The second-order valence-corrected chi connectivity index (χ2v) is 5.97. The fourth-order valence-electron chi connectivity index (χ4n) is 3.82. The van der Waals surface area contributed by atoms with Crippen molar-refractivity contribution in [2.45, 2.75) is 56.9 Å². The van der Waals surface area contributed by atoms with Gasteiger partial charge in [-0.1, -0.05) is 38.8 Å². The number of nitrogens with one attached hydrogen (secondary N) is 1. The number of hydrogen-bond acceptors (Lipinski definition) is 2. The highest BCUT2D eigenvalue weighted by Crippen LogP contribution is 2.48. The summed E-state index contributed by atoms with van der Waals surface area (Å²) in [5.41, 5.74) is 1.06. The molecule has 0 aliphatic heterocycles. The van der Waals surface area contributed by atoms with Crippen LogP contribution in [0.3, 0.4) is 0 Å². The Morgan fingerprint density at radius 2 is 2.10 bits per heavy atom. The van der Waals surface area contributed by atoms with Crippen molar-refractivity contribution in [2.75, 3.05) is 7.11 Å². The first-order chi connectivity index (χ1) is 9.62. The standard InChI is InChI=1S/C17H25NO2/c1-4-17(18-13-19)11-6-5-10-16(17,2)14-8-7-9-15(12-14)20-3/h7-9,12-13H,4-6,10-11H2,1-3H3,(H,18,19). The summed E-state index contributed by atoms with van der Waals surface area (Å²) in [6.45, 7) is 4.45. The maximum Gasteiger partial charge on any atom is 0.207 e. The molecule has 1 aromatic rings. The first-order valence-corrected chi connectivity index (χ1v) is 7.48. The molecule has 0 bridgehead atoms. The summed E-state index contributed by atoms with van der Waals surface area (Å²) in [7, 11) is 1.69. The van der Waals surface area contributed by atoms with Gasteiger partial charge in [0.05, 0.1) is 7.11 Å². The Morgan fingerprint density at radius 1 is 1.35 bits per heavy atom. The first-order valence-electron chi connectivity index (χ1n) is 7.48. The summed E-state index contributed by atoms with van der Waals surface area (Å²) in [4.78, 5) is 11.1. The molecule has 1 N–H and O–H groups in total. The van der Waals surface area contributed by atoms with Crippen molar-refractivity contribution in [2.24, 2.45) is 0 Å². The smallest absolute Gasteiger partial charge is 0.207 e. The summed E-state index contributed by atoms with van der Waals surface area (Å²) in [6, 6.07) is 8.28.